The molecule has 0 aromatic heterocycles. The van der Waals surface area contributed by atoms with Crippen LogP contribution in [0.25, 0.3) is 0 Å². The maximum Gasteiger partial charge on any atom is 0.259 e. The zero-order valence-corrected chi connectivity index (χ0v) is 11.3. The molecule has 0 spiro atoms. The van der Waals surface area contributed by atoms with Crippen LogP contribution in [-0.4, -0.2) is 27.1 Å². The molecular weight excluding hydrogens is 288 g/mol. The van der Waals surface area contributed by atoms with E-state index in [0.29, 0.717) is 22.4 Å². The van der Waals surface area contributed by atoms with Crippen molar-refractivity contribution in [2.45, 2.75) is 6.54 Å². The van der Waals surface area contributed by atoms with Crippen molar-refractivity contribution in [3.05, 3.63) is 47.0 Å². The molecule has 0 atom stereocenters. The minimum Gasteiger partial charge on any atom is -0.504 e. The molecule has 1 aliphatic rings. The molecule has 2 amide bonds. The van der Waals surface area contributed by atoms with E-state index in [-0.39, 0.29) is 6.54 Å². The Kier molecular flexibility index (Phi) is 3.10. The summed E-state index contributed by atoms with van der Waals surface area (Å²) < 4.78 is 0. The Hall–Kier alpha value is -3.22. The second-order valence-corrected chi connectivity index (χ2v) is 4.88. The highest BCUT2D eigenvalue weighted by Gasteiger charge is 2.26. The molecular formula is C15H12N2O5. The molecule has 5 N–H and O–H groups in total. The molecule has 2 aromatic carbocycles. The van der Waals surface area contributed by atoms with E-state index in [1.165, 1.54) is 12.1 Å². The number of aromatic hydroxyl groups is 3. The van der Waals surface area contributed by atoms with Crippen LogP contribution in [0.2, 0.25) is 0 Å². The molecule has 1 aliphatic heterocycles. The van der Waals surface area contributed by atoms with Crippen molar-refractivity contribution in [2.24, 2.45) is 0 Å². The van der Waals surface area contributed by atoms with E-state index in [4.69, 9.17) is 0 Å². The van der Waals surface area contributed by atoms with Crippen LogP contribution in [0, 0.1) is 0 Å². The summed E-state index contributed by atoms with van der Waals surface area (Å²) in [6.45, 7) is 0.246. The van der Waals surface area contributed by atoms with E-state index in [1.807, 2.05) is 0 Å². The van der Waals surface area contributed by atoms with Crippen LogP contribution >= 0.6 is 0 Å². The minimum absolute atomic E-state index is 0.246. The third-order valence-electron chi connectivity index (χ3n) is 3.36. The fraction of sp³-hybridized carbons (Fsp3) is 0.0667. The Morgan fingerprint density at radius 2 is 1.55 bits per heavy atom. The third-order valence-corrected chi connectivity index (χ3v) is 3.36. The first kappa shape index (κ1) is 13.7. The molecule has 7 nitrogen and oxygen atoms in total. The Bertz CT molecular complexity index is 778. The molecule has 1 heterocycles. The minimum atomic E-state index is -0.573. The molecule has 7 heteroatoms. The first-order valence-electron chi connectivity index (χ1n) is 6.43. The van der Waals surface area contributed by atoms with Gasteiger partial charge >= 0.3 is 0 Å². The van der Waals surface area contributed by atoms with Gasteiger partial charge in [0.05, 0.1) is 11.1 Å². The lowest BCUT2D eigenvalue weighted by Crippen LogP contribution is -2.19. The molecule has 0 unspecified atom stereocenters. The summed E-state index contributed by atoms with van der Waals surface area (Å²) in [7, 11) is 0. The van der Waals surface area contributed by atoms with E-state index in [0.717, 1.165) is 0 Å². The summed E-state index contributed by atoms with van der Waals surface area (Å²) >= 11 is 0. The van der Waals surface area contributed by atoms with Gasteiger partial charge in [-0.15, -0.1) is 0 Å². The first-order valence-corrected chi connectivity index (χ1v) is 6.43. The zero-order valence-electron chi connectivity index (χ0n) is 11.3. The predicted molar refractivity (Wildman–Crippen MR) is 77.0 cm³/mol. The van der Waals surface area contributed by atoms with Crippen LogP contribution in [0.1, 0.15) is 26.3 Å². The molecule has 0 radical (unpaired) electrons. The van der Waals surface area contributed by atoms with Gasteiger partial charge in [-0.3, -0.25) is 14.9 Å². The van der Waals surface area contributed by atoms with Gasteiger partial charge < -0.3 is 20.6 Å². The quantitative estimate of drug-likeness (QED) is 0.430. The second-order valence-electron chi connectivity index (χ2n) is 4.88. The smallest absolute Gasteiger partial charge is 0.259 e. The molecule has 22 heavy (non-hydrogen) atoms. The highest BCUT2D eigenvalue weighted by atomic mass is 16.3. The number of fused-ring (bicyclic) bond motifs is 1. The van der Waals surface area contributed by atoms with Crippen molar-refractivity contribution >= 4 is 17.5 Å². The van der Waals surface area contributed by atoms with Crippen LogP contribution in [0.4, 0.5) is 5.69 Å². The summed E-state index contributed by atoms with van der Waals surface area (Å²) in [6, 6.07) is 7.37. The van der Waals surface area contributed by atoms with Gasteiger partial charge in [-0.1, -0.05) is 0 Å². The number of phenols is 3. The first-order chi connectivity index (χ1) is 10.5. The van der Waals surface area contributed by atoms with E-state index < -0.39 is 29.1 Å². The average molecular weight is 300 g/mol. The number of anilines is 1. The molecule has 112 valence electrons. The molecule has 0 saturated heterocycles. The van der Waals surface area contributed by atoms with Gasteiger partial charge in [0.15, 0.2) is 17.2 Å². The largest absolute Gasteiger partial charge is 0.504 e. The number of carbonyl (C=O) groups excluding carboxylic acids is 2. The molecule has 0 bridgehead atoms. The van der Waals surface area contributed by atoms with E-state index in [9.17, 15) is 24.9 Å². The van der Waals surface area contributed by atoms with Crippen LogP contribution in [0.3, 0.4) is 0 Å². The number of benzene rings is 2. The fourth-order valence-corrected chi connectivity index (χ4v) is 2.24. The van der Waals surface area contributed by atoms with Gasteiger partial charge in [-0.25, -0.2) is 0 Å². The Balaban J connectivity index is 1.79. The lowest BCUT2D eigenvalue weighted by Gasteiger charge is -2.09. The fourth-order valence-electron chi connectivity index (χ4n) is 2.24. The summed E-state index contributed by atoms with van der Waals surface area (Å²) in [5.74, 6) is -2.27. The maximum absolute atomic E-state index is 11.6. The molecule has 0 fully saturated rings. The van der Waals surface area contributed by atoms with Gasteiger partial charge in [0.2, 0.25) is 0 Å². The highest BCUT2D eigenvalue weighted by molar-refractivity contribution is 6.21. The van der Waals surface area contributed by atoms with Crippen molar-refractivity contribution in [1.29, 1.82) is 0 Å². The lowest BCUT2D eigenvalue weighted by atomic mass is 10.1. The van der Waals surface area contributed by atoms with Gasteiger partial charge in [0.1, 0.15) is 0 Å². The van der Waals surface area contributed by atoms with Crippen molar-refractivity contribution in [3.63, 3.8) is 0 Å². The number of carbonyl (C=O) groups is 2. The van der Waals surface area contributed by atoms with Crippen LogP contribution in [-0.2, 0) is 6.54 Å². The monoisotopic (exact) mass is 300 g/mol. The lowest BCUT2D eigenvalue weighted by molar-refractivity contribution is 0.0879. The summed E-state index contributed by atoms with van der Waals surface area (Å²) in [5.41, 5.74) is 1.77. The molecule has 3 rings (SSSR count). The standard InChI is InChI=1S/C15H12N2O5/c18-11-3-7(4-12(19)13(11)20)6-16-8-1-2-9-10(5-8)15(22)17-14(9)21/h1-5,16,18-20H,6H2,(H,17,21,22). The Labute approximate surface area is 124 Å². The summed E-state index contributed by atoms with van der Waals surface area (Å²) in [4.78, 5) is 23.0. The highest BCUT2D eigenvalue weighted by Crippen LogP contribution is 2.35. The zero-order chi connectivity index (χ0) is 15.9. The molecule has 2 aromatic rings. The molecule has 0 aliphatic carbocycles. The third kappa shape index (κ3) is 2.28. The average Bonchev–Trinajstić information content (AvgIpc) is 2.77. The van der Waals surface area contributed by atoms with Crippen molar-refractivity contribution < 1.29 is 24.9 Å². The van der Waals surface area contributed by atoms with Crippen molar-refractivity contribution in [1.82, 2.24) is 5.32 Å². The topological polar surface area (TPSA) is 119 Å². The van der Waals surface area contributed by atoms with E-state index in [2.05, 4.69) is 10.6 Å². The number of hydrogen-bond donors (Lipinski definition) is 5. The number of amides is 2. The van der Waals surface area contributed by atoms with Crippen LogP contribution in [0.15, 0.2) is 30.3 Å². The summed E-state index contributed by atoms with van der Waals surface area (Å²) in [5, 5.41) is 33.4. The van der Waals surface area contributed by atoms with E-state index in [1.54, 1.807) is 18.2 Å². The normalized spacial score (nSPS) is 12.9. The van der Waals surface area contributed by atoms with Gasteiger partial charge in [0, 0.05) is 12.2 Å². The van der Waals surface area contributed by atoms with E-state index >= 15 is 0 Å². The van der Waals surface area contributed by atoms with Crippen LogP contribution in [0.5, 0.6) is 17.2 Å². The Morgan fingerprint density at radius 1 is 0.909 bits per heavy atom. The number of nitrogens with one attached hydrogen (secondary N) is 2. The summed E-state index contributed by atoms with van der Waals surface area (Å²) in [6.07, 6.45) is 0. The Morgan fingerprint density at radius 3 is 2.23 bits per heavy atom. The number of imide groups is 1. The number of phenolic OH excluding ortho intramolecular Hbond substituents is 3. The van der Waals surface area contributed by atoms with Gasteiger partial charge in [-0.05, 0) is 35.9 Å². The maximum atomic E-state index is 11.6. The van der Waals surface area contributed by atoms with Gasteiger partial charge in [-0.2, -0.15) is 0 Å². The predicted octanol–water partition coefficient (Wildman–Crippen LogP) is 1.30. The van der Waals surface area contributed by atoms with Crippen molar-refractivity contribution in [2.75, 3.05) is 5.32 Å². The SMILES string of the molecule is O=C1NC(=O)c2cc(NCc3cc(O)c(O)c(O)c3)ccc21. The van der Waals surface area contributed by atoms with Crippen molar-refractivity contribution in [3.8, 4) is 17.2 Å². The second kappa shape index (κ2) is 4.96. The van der Waals surface area contributed by atoms with Gasteiger partial charge in [0.25, 0.3) is 11.8 Å². The molecule has 0 saturated carbocycles. The van der Waals surface area contributed by atoms with Crippen LogP contribution < -0.4 is 10.6 Å². The number of rotatable bonds is 3. The number of hydrogen-bond acceptors (Lipinski definition) is 6.